The summed E-state index contributed by atoms with van der Waals surface area (Å²) in [5.74, 6) is 0.0125. The van der Waals surface area contributed by atoms with Crippen LogP contribution in [-0.4, -0.2) is 22.6 Å². The van der Waals surface area contributed by atoms with E-state index in [1.54, 1.807) is 0 Å². The monoisotopic (exact) mass is 304 g/mol. The van der Waals surface area contributed by atoms with Crippen LogP contribution >= 0.6 is 23.7 Å². The molecule has 108 valence electrons. The molecule has 1 aliphatic rings. The normalized spacial score (nSPS) is 17.6. The summed E-state index contributed by atoms with van der Waals surface area (Å²) in [5.41, 5.74) is 5.88. The van der Waals surface area contributed by atoms with E-state index in [4.69, 9.17) is 5.73 Å². The number of carbonyl (C=O) groups excluding carboxylic acids is 1. The summed E-state index contributed by atoms with van der Waals surface area (Å²) in [6.07, 6.45) is 6.25. The predicted molar refractivity (Wildman–Crippen MR) is 79.7 cm³/mol. The van der Waals surface area contributed by atoms with Crippen molar-refractivity contribution in [3.63, 3.8) is 0 Å². The van der Waals surface area contributed by atoms with Gasteiger partial charge in [-0.1, -0.05) is 30.6 Å². The van der Waals surface area contributed by atoms with Gasteiger partial charge in [-0.3, -0.25) is 4.79 Å². The number of rotatable bonds is 4. The van der Waals surface area contributed by atoms with Crippen LogP contribution in [0.2, 0.25) is 0 Å². The van der Waals surface area contributed by atoms with Crippen molar-refractivity contribution in [2.24, 2.45) is 11.1 Å². The lowest BCUT2D eigenvalue weighted by atomic mass is 9.72. The van der Waals surface area contributed by atoms with Gasteiger partial charge >= 0.3 is 0 Å². The molecular formula is C12H21ClN4OS. The lowest BCUT2D eigenvalue weighted by molar-refractivity contribution is -0.118. The minimum Gasteiger partial charge on any atom is -0.330 e. The third kappa shape index (κ3) is 4.40. The van der Waals surface area contributed by atoms with Gasteiger partial charge in [0.05, 0.1) is 0 Å². The van der Waals surface area contributed by atoms with E-state index in [1.165, 1.54) is 30.6 Å². The largest absolute Gasteiger partial charge is 0.330 e. The van der Waals surface area contributed by atoms with E-state index < -0.39 is 0 Å². The van der Waals surface area contributed by atoms with Crippen LogP contribution in [-0.2, 0) is 4.79 Å². The van der Waals surface area contributed by atoms with Gasteiger partial charge in [0, 0.05) is 6.42 Å². The molecule has 0 aromatic carbocycles. The third-order valence-electron chi connectivity index (χ3n) is 3.66. The number of carbonyl (C=O) groups is 1. The molecule has 0 atom stereocenters. The second kappa shape index (κ2) is 7.17. The molecule has 0 saturated heterocycles. The van der Waals surface area contributed by atoms with Crippen molar-refractivity contribution in [1.29, 1.82) is 0 Å². The topological polar surface area (TPSA) is 80.9 Å². The summed E-state index contributed by atoms with van der Waals surface area (Å²) in [6.45, 7) is 2.46. The fourth-order valence-electron chi connectivity index (χ4n) is 2.61. The van der Waals surface area contributed by atoms with Crippen LogP contribution in [0.5, 0.6) is 0 Å². The van der Waals surface area contributed by atoms with Gasteiger partial charge in [-0.2, -0.15) is 0 Å². The van der Waals surface area contributed by atoms with Crippen LogP contribution in [0.3, 0.4) is 0 Å². The van der Waals surface area contributed by atoms with Crippen molar-refractivity contribution in [1.82, 2.24) is 10.2 Å². The maximum Gasteiger partial charge on any atom is 0.226 e. The van der Waals surface area contributed by atoms with Gasteiger partial charge in [-0.15, -0.1) is 22.6 Å². The highest BCUT2D eigenvalue weighted by Crippen LogP contribution is 2.38. The highest BCUT2D eigenvalue weighted by Gasteiger charge is 2.33. The number of amides is 1. The number of anilines is 1. The number of hydrogen-bond donors (Lipinski definition) is 2. The van der Waals surface area contributed by atoms with Crippen molar-refractivity contribution in [2.45, 2.75) is 45.4 Å². The second-order valence-electron chi connectivity index (χ2n) is 5.12. The Kier molecular flexibility index (Phi) is 6.16. The molecule has 0 bridgehead atoms. The molecule has 2 rings (SSSR count). The van der Waals surface area contributed by atoms with E-state index in [2.05, 4.69) is 15.5 Å². The van der Waals surface area contributed by atoms with E-state index in [0.29, 0.717) is 18.1 Å². The Hall–Kier alpha value is -0.720. The standard InChI is InChI=1S/C12H20N4OS.ClH/c1-9-15-16-11(18-9)14-10(17)7-12(8-13)5-3-2-4-6-12;/h2-8,13H2,1H3,(H,14,16,17);1H. The molecule has 0 aliphatic heterocycles. The van der Waals surface area contributed by atoms with Crippen molar-refractivity contribution in [2.75, 3.05) is 11.9 Å². The van der Waals surface area contributed by atoms with E-state index in [1.807, 2.05) is 6.92 Å². The SMILES string of the molecule is Cc1nnc(NC(=O)CC2(CN)CCCCC2)s1.Cl. The molecule has 1 aromatic rings. The fourth-order valence-corrected chi connectivity index (χ4v) is 3.21. The van der Waals surface area contributed by atoms with Gasteiger partial charge in [0.15, 0.2) is 0 Å². The predicted octanol–water partition coefficient (Wildman–Crippen LogP) is 2.51. The maximum absolute atomic E-state index is 12.0. The zero-order chi connectivity index (χ0) is 13.0. The molecule has 1 amide bonds. The number of nitrogens with one attached hydrogen (secondary N) is 1. The molecule has 3 N–H and O–H groups in total. The minimum absolute atomic E-state index is 0. The second-order valence-corrected chi connectivity index (χ2v) is 6.30. The summed E-state index contributed by atoms with van der Waals surface area (Å²) in [4.78, 5) is 12.0. The molecule has 7 heteroatoms. The first-order valence-electron chi connectivity index (χ1n) is 6.44. The Balaban J connectivity index is 0.00000180. The van der Waals surface area contributed by atoms with Gasteiger partial charge in [0.25, 0.3) is 0 Å². The smallest absolute Gasteiger partial charge is 0.226 e. The molecule has 0 radical (unpaired) electrons. The van der Waals surface area contributed by atoms with Crippen LogP contribution in [0.25, 0.3) is 0 Å². The van der Waals surface area contributed by atoms with E-state index >= 15 is 0 Å². The van der Waals surface area contributed by atoms with Crippen molar-refractivity contribution in [3.05, 3.63) is 5.01 Å². The van der Waals surface area contributed by atoms with E-state index in [9.17, 15) is 4.79 Å². The molecule has 19 heavy (non-hydrogen) atoms. The number of nitrogens with zero attached hydrogens (tertiary/aromatic N) is 2. The first-order valence-corrected chi connectivity index (χ1v) is 7.25. The van der Waals surface area contributed by atoms with Crippen LogP contribution in [0.4, 0.5) is 5.13 Å². The lowest BCUT2D eigenvalue weighted by Gasteiger charge is -2.35. The van der Waals surface area contributed by atoms with Gasteiger partial charge in [0.1, 0.15) is 5.01 Å². The quantitative estimate of drug-likeness (QED) is 0.895. The summed E-state index contributed by atoms with van der Waals surface area (Å²) in [5, 5.41) is 12.0. The number of aryl methyl sites for hydroxylation is 1. The first kappa shape index (κ1) is 16.3. The number of hydrogen-bond acceptors (Lipinski definition) is 5. The molecule has 0 unspecified atom stereocenters. The average molecular weight is 305 g/mol. The minimum atomic E-state index is 0. The molecule has 1 fully saturated rings. The average Bonchev–Trinajstić information content (AvgIpc) is 2.75. The Morgan fingerprint density at radius 1 is 1.37 bits per heavy atom. The first-order chi connectivity index (χ1) is 8.63. The molecule has 1 aliphatic carbocycles. The van der Waals surface area contributed by atoms with Crippen molar-refractivity contribution in [3.8, 4) is 0 Å². The van der Waals surface area contributed by atoms with Gasteiger partial charge in [0.2, 0.25) is 11.0 Å². The molecular weight excluding hydrogens is 284 g/mol. The Morgan fingerprint density at radius 2 is 2.05 bits per heavy atom. The maximum atomic E-state index is 12.0. The molecule has 1 heterocycles. The van der Waals surface area contributed by atoms with Crippen LogP contribution < -0.4 is 11.1 Å². The Labute approximate surface area is 123 Å². The van der Waals surface area contributed by atoms with Crippen molar-refractivity contribution < 1.29 is 4.79 Å². The summed E-state index contributed by atoms with van der Waals surface area (Å²) in [6, 6.07) is 0. The zero-order valence-corrected chi connectivity index (χ0v) is 12.8. The fraction of sp³-hybridized carbons (Fsp3) is 0.750. The summed E-state index contributed by atoms with van der Waals surface area (Å²) >= 11 is 1.40. The van der Waals surface area contributed by atoms with Gasteiger partial charge in [-0.05, 0) is 31.7 Å². The molecule has 5 nitrogen and oxygen atoms in total. The Bertz CT molecular complexity index is 418. The molecule has 1 aromatic heterocycles. The number of halogens is 1. The van der Waals surface area contributed by atoms with E-state index in [-0.39, 0.29) is 23.7 Å². The number of aromatic nitrogens is 2. The highest BCUT2D eigenvalue weighted by molar-refractivity contribution is 7.15. The molecule has 0 spiro atoms. The summed E-state index contributed by atoms with van der Waals surface area (Å²) in [7, 11) is 0. The van der Waals surface area contributed by atoms with Crippen LogP contribution in [0.15, 0.2) is 0 Å². The van der Waals surface area contributed by atoms with Gasteiger partial charge in [-0.25, -0.2) is 0 Å². The molecule has 1 saturated carbocycles. The van der Waals surface area contributed by atoms with E-state index in [0.717, 1.165) is 17.8 Å². The van der Waals surface area contributed by atoms with Gasteiger partial charge < -0.3 is 11.1 Å². The lowest BCUT2D eigenvalue weighted by Crippen LogP contribution is -2.36. The number of nitrogens with two attached hydrogens (primary N) is 1. The van der Waals surface area contributed by atoms with Crippen molar-refractivity contribution >= 4 is 34.8 Å². The van der Waals surface area contributed by atoms with Crippen LogP contribution in [0.1, 0.15) is 43.5 Å². The third-order valence-corrected chi connectivity index (χ3v) is 4.41. The Morgan fingerprint density at radius 3 is 2.58 bits per heavy atom. The van der Waals surface area contributed by atoms with Crippen LogP contribution in [0, 0.1) is 12.3 Å². The highest BCUT2D eigenvalue weighted by atomic mass is 35.5. The zero-order valence-electron chi connectivity index (χ0n) is 11.1. The summed E-state index contributed by atoms with van der Waals surface area (Å²) < 4.78 is 0.